The highest BCUT2D eigenvalue weighted by atomic mass is 79.9. The number of carbonyl (C=O) groups is 1. The topological polar surface area (TPSA) is 93.2 Å². The number of nitriles is 1. The van der Waals surface area contributed by atoms with Crippen LogP contribution in [0.5, 0.6) is 0 Å². The highest BCUT2D eigenvalue weighted by Crippen LogP contribution is 2.28. The minimum absolute atomic E-state index is 0.0942. The van der Waals surface area contributed by atoms with Crippen LogP contribution in [0.15, 0.2) is 16.6 Å². The molecule has 0 amide bonds. The van der Waals surface area contributed by atoms with E-state index in [0.717, 1.165) is 0 Å². The number of nitro groups is 1. The maximum absolute atomic E-state index is 11.1. The van der Waals surface area contributed by atoms with E-state index in [0.29, 0.717) is 4.47 Å². The van der Waals surface area contributed by atoms with Crippen molar-refractivity contribution in [3.8, 4) is 6.07 Å². The minimum atomic E-state index is -0.677. The van der Waals surface area contributed by atoms with Gasteiger partial charge in [-0.15, -0.1) is 0 Å². The summed E-state index contributed by atoms with van der Waals surface area (Å²) in [5, 5.41) is 19.7. The molecule has 0 unspecified atom stereocenters. The fraction of sp³-hybridized carbons (Fsp3) is 0.200. The summed E-state index contributed by atoms with van der Waals surface area (Å²) in [7, 11) is 1.19. The number of halogens is 1. The van der Waals surface area contributed by atoms with Crippen LogP contribution in [0.25, 0.3) is 0 Å². The van der Waals surface area contributed by atoms with Gasteiger partial charge in [0.15, 0.2) is 0 Å². The number of rotatable bonds is 3. The first-order valence-corrected chi connectivity index (χ1v) is 5.22. The molecule has 0 radical (unpaired) electrons. The van der Waals surface area contributed by atoms with E-state index in [1.807, 2.05) is 0 Å². The number of ether oxygens (including phenoxy) is 1. The van der Waals surface area contributed by atoms with Gasteiger partial charge in [0.1, 0.15) is 11.6 Å². The lowest BCUT2D eigenvalue weighted by Gasteiger charge is -2.04. The molecule has 0 spiro atoms. The Morgan fingerprint density at radius 1 is 1.65 bits per heavy atom. The predicted molar refractivity (Wildman–Crippen MR) is 61.2 cm³/mol. The van der Waals surface area contributed by atoms with Crippen molar-refractivity contribution in [3.05, 3.63) is 37.8 Å². The summed E-state index contributed by atoms with van der Waals surface area (Å²) < 4.78 is 4.94. The molecule has 0 fully saturated rings. The van der Waals surface area contributed by atoms with Gasteiger partial charge in [0.2, 0.25) is 0 Å². The van der Waals surface area contributed by atoms with Crippen LogP contribution in [0, 0.1) is 21.4 Å². The maximum Gasteiger partial charge on any atom is 0.310 e. The normalized spacial score (nSPS) is 9.47. The summed E-state index contributed by atoms with van der Waals surface area (Å²) in [6.07, 6.45) is -0.249. The van der Waals surface area contributed by atoms with Gasteiger partial charge in [-0.25, -0.2) is 0 Å². The lowest BCUT2D eigenvalue weighted by atomic mass is 10.1. The smallest absolute Gasteiger partial charge is 0.310 e. The molecule has 0 aliphatic heterocycles. The molecule has 0 heterocycles. The van der Waals surface area contributed by atoms with E-state index in [4.69, 9.17) is 5.26 Å². The molecular formula is C10H7BrN2O4. The van der Waals surface area contributed by atoms with Crippen LogP contribution < -0.4 is 0 Å². The summed E-state index contributed by atoms with van der Waals surface area (Å²) in [5.74, 6) is -0.602. The first-order valence-electron chi connectivity index (χ1n) is 4.43. The summed E-state index contributed by atoms with van der Waals surface area (Å²) >= 11 is 3.12. The van der Waals surface area contributed by atoms with Crippen LogP contribution in [-0.2, 0) is 16.0 Å². The average molecular weight is 299 g/mol. The third-order valence-corrected chi connectivity index (χ3v) is 2.48. The highest BCUT2D eigenvalue weighted by molar-refractivity contribution is 9.10. The second kappa shape index (κ2) is 5.41. The Labute approximate surface area is 105 Å². The van der Waals surface area contributed by atoms with E-state index >= 15 is 0 Å². The lowest BCUT2D eigenvalue weighted by molar-refractivity contribution is -0.385. The quantitative estimate of drug-likeness (QED) is 0.483. The molecule has 0 atom stereocenters. The molecule has 1 rings (SSSR count). The second-order valence-electron chi connectivity index (χ2n) is 3.08. The predicted octanol–water partition coefficient (Wildman–Crippen LogP) is 1.94. The zero-order chi connectivity index (χ0) is 13.0. The zero-order valence-corrected chi connectivity index (χ0v) is 10.4. The fourth-order valence-electron chi connectivity index (χ4n) is 1.32. The van der Waals surface area contributed by atoms with Gasteiger partial charge >= 0.3 is 5.97 Å². The molecule has 6 nitrogen and oxygen atoms in total. The standard InChI is InChI=1S/C10H7BrN2O4/c1-17-9(14)4-6-2-8(11)3-7(5-12)10(6)13(15)16/h2-3H,4H2,1H3. The number of hydrogen-bond acceptors (Lipinski definition) is 5. The number of esters is 1. The Kier molecular flexibility index (Phi) is 4.17. The van der Waals surface area contributed by atoms with Crippen molar-refractivity contribution in [3.63, 3.8) is 0 Å². The zero-order valence-electron chi connectivity index (χ0n) is 8.77. The summed E-state index contributed by atoms with van der Waals surface area (Å²) in [6.45, 7) is 0. The van der Waals surface area contributed by atoms with E-state index in [2.05, 4.69) is 20.7 Å². The number of methoxy groups -OCH3 is 1. The lowest BCUT2D eigenvalue weighted by Crippen LogP contribution is -2.08. The van der Waals surface area contributed by atoms with Gasteiger partial charge in [0.05, 0.1) is 18.5 Å². The Balaban J connectivity index is 3.36. The highest BCUT2D eigenvalue weighted by Gasteiger charge is 2.22. The van der Waals surface area contributed by atoms with E-state index in [-0.39, 0.29) is 23.2 Å². The van der Waals surface area contributed by atoms with Gasteiger partial charge in [-0.2, -0.15) is 5.26 Å². The molecule has 88 valence electrons. The Bertz CT molecular complexity index is 522. The maximum atomic E-state index is 11.1. The molecular weight excluding hydrogens is 292 g/mol. The number of carbonyl (C=O) groups excluding carboxylic acids is 1. The van der Waals surface area contributed by atoms with Crippen molar-refractivity contribution < 1.29 is 14.5 Å². The molecule has 7 heteroatoms. The number of hydrogen-bond donors (Lipinski definition) is 0. The van der Waals surface area contributed by atoms with Crippen molar-refractivity contribution in [1.29, 1.82) is 5.26 Å². The molecule has 0 aliphatic rings. The molecule has 0 aliphatic carbocycles. The molecule has 0 saturated heterocycles. The van der Waals surface area contributed by atoms with Crippen LogP contribution >= 0.6 is 15.9 Å². The molecule has 0 N–H and O–H groups in total. The number of nitrogens with zero attached hydrogens (tertiary/aromatic N) is 2. The Morgan fingerprint density at radius 2 is 2.29 bits per heavy atom. The second-order valence-corrected chi connectivity index (χ2v) is 4.00. The van der Waals surface area contributed by atoms with Crippen molar-refractivity contribution in [2.75, 3.05) is 7.11 Å². The number of nitro benzene ring substituents is 1. The largest absolute Gasteiger partial charge is 0.469 e. The third-order valence-electron chi connectivity index (χ3n) is 2.02. The van der Waals surface area contributed by atoms with Crippen LogP contribution in [0.3, 0.4) is 0 Å². The van der Waals surface area contributed by atoms with E-state index in [1.165, 1.54) is 19.2 Å². The SMILES string of the molecule is COC(=O)Cc1cc(Br)cc(C#N)c1[N+](=O)[O-]. The van der Waals surface area contributed by atoms with Gasteiger partial charge in [0.25, 0.3) is 5.69 Å². The van der Waals surface area contributed by atoms with E-state index < -0.39 is 10.9 Å². The van der Waals surface area contributed by atoms with Crippen molar-refractivity contribution in [2.24, 2.45) is 0 Å². The summed E-state index contributed by atoms with van der Waals surface area (Å²) in [5.41, 5.74) is -0.308. The molecule has 1 aromatic rings. The van der Waals surface area contributed by atoms with Crippen LogP contribution in [0.1, 0.15) is 11.1 Å². The Hall–Kier alpha value is -1.94. The monoisotopic (exact) mass is 298 g/mol. The van der Waals surface area contributed by atoms with Crippen LogP contribution in [0.4, 0.5) is 5.69 Å². The summed E-state index contributed by atoms with van der Waals surface area (Å²) in [4.78, 5) is 21.3. The molecule has 0 saturated carbocycles. The van der Waals surface area contributed by atoms with Gasteiger partial charge in [-0.1, -0.05) is 15.9 Å². The van der Waals surface area contributed by atoms with E-state index in [9.17, 15) is 14.9 Å². The first kappa shape index (κ1) is 13.1. The van der Waals surface area contributed by atoms with Crippen molar-refractivity contribution in [1.82, 2.24) is 0 Å². The van der Waals surface area contributed by atoms with Crippen LogP contribution in [0.2, 0.25) is 0 Å². The number of benzene rings is 1. The molecule has 17 heavy (non-hydrogen) atoms. The van der Waals surface area contributed by atoms with E-state index in [1.54, 1.807) is 6.07 Å². The molecule has 1 aromatic carbocycles. The Morgan fingerprint density at radius 3 is 2.76 bits per heavy atom. The van der Waals surface area contributed by atoms with Gasteiger partial charge in [-0.3, -0.25) is 14.9 Å². The van der Waals surface area contributed by atoms with Crippen LogP contribution in [-0.4, -0.2) is 18.0 Å². The summed E-state index contributed by atoms with van der Waals surface area (Å²) in [6, 6.07) is 4.48. The van der Waals surface area contributed by atoms with Gasteiger partial charge < -0.3 is 4.74 Å². The van der Waals surface area contributed by atoms with Gasteiger partial charge in [0, 0.05) is 10.0 Å². The molecule has 0 aromatic heterocycles. The minimum Gasteiger partial charge on any atom is -0.469 e. The van der Waals surface area contributed by atoms with Gasteiger partial charge in [-0.05, 0) is 12.1 Å². The first-order chi connectivity index (χ1) is 7.99. The van der Waals surface area contributed by atoms with Crippen molar-refractivity contribution >= 4 is 27.6 Å². The average Bonchev–Trinajstić information content (AvgIpc) is 2.27. The fourth-order valence-corrected chi connectivity index (χ4v) is 1.82. The van der Waals surface area contributed by atoms with Crippen molar-refractivity contribution in [2.45, 2.75) is 6.42 Å². The molecule has 0 bridgehead atoms. The third kappa shape index (κ3) is 3.01.